The Labute approximate surface area is 237 Å². The highest BCUT2D eigenvalue weighted by Crippen LogP contribution is 2.40. The second kappa shape index (κ2) is 10.7. The maximum absolute atomic E-state index is 13.8. The number of nitrogens with zero attached hydrogens (tertiary/aromatic N) is 6. The van der Waals surface area contributed by atoms with Crippen LogP contribution in [-0.2, 0) is 12.8 Å². The van der Waals surface area contributed by atoms with Crippen molar-refractivity contribution < 1.29 is 9.13 Å². The number of nitrogens with one attached hydrogen (secondary N) is 1. The lowest BCUT2D eigenvalue weighted by Gasteiger charge is -2.18. The third-order valence-corrected chi connectivity index (χ3v) is 7.68. The van der Waals surface area contributed by atoms with E-state index in [1.807, 2.05) is 24.4 Å². The SMILES string of the molecule is CCCNc1nccc(-c2c(-c3ccc(F)cc3)nc3n2C(COc2ccc4ccc5c(c4n2)N=CCC5)CC3)n1. The summed E-state index contributed by atoms with van der Waals surface area (Å²) in [5.41, 5.74) is 6.30. The van der Waals surface area contributed by atoms with E-state index < -0.39 is 0 Å². The lowest BCUT2D eigenvalue weighted by molar-refractivity contribution is 0.248. The van der Waals surface area contributed by atoms with Gasteiger partial charge in [-0.25, -0.2) is 24.3 Å². The first-order chi connectivity index (χ1) is 20.2. The highest BCUT2D eigenvalue weighted by atomic mass is 19.1. The molecule has 0 saturated heterocycles. The van der Waals surface area contributed by atoms with Crippen LogP contribution in [0.5, 0.6) is 5.88 Å². The van der Waals surface area contributed by atoms with Crippen LogP contribution in [0.15, 0.2) is 65.8 Å². The number of ether oxygens (including phenoxy) is 1. The molecular weight excluding hydrogens is 517 g/mol. The number of halogens is 1. The molecule has 0 saturated carbocycles. The standard InChI is InChI=1S/C32H30FN7O/c1-2-16-35-32-36-18-15-25(37-32)31-30(22-7-10-23(33)11-8-22)38-26-13-12-24(40(26)31)19-41-27-14-9-21-6-5-20-4-3-17-34-28(20)29(21)39-27/h5-11,14-15,17-18,24H,2-4,12-13,16,19H2,1H3,(H,35,36,37). The molecule has 5 aromatic rings. The van der Waals surface area contributed by atoms with Crippen LogP contribution in [0.2, 0.25) is 0 Å². The lowest BCUT2D eigenvalue weighted by atomic mass is 10.0. The summed E-state index contributed by atoms with van der Waals surface area (Å²) in [4.78, 5) is 23.8. The summed E-state index contributed by atoms with van der Waals surface area (Å²) in [6.07, 6.45) is 8.32. The normalized spacial score (nSPS) is 15.6. The van der Waals surface area contributed by atoms with E-state index in [0.717, 1.165) is 83.7 Å². The zero-order chi connectivity index (χ0) is 27.8. The number of hydrogen-bond acceptors (Lipinski definition) is 7. The molecule has 3 aromatic heterocycles. The van der Waals surface area contributed by atoms with Crippen LogP contribution in [-0.4, -0.2) is 43.9 Å². The fraction of sp³-hybridized carbons (Fsp3) is 0.281. The van der Waals surface area contributed by atoms with E-state index in [0.29, 0.717) is 18.4 Å². The molecule has 8 nitrogen and oxygen atoms in total. The molecule has 1 N–H and O–H groups in total. The number of benzene rings is 2. The molecule has 5 heterocycles. The van der Waals surface area contributed by atoms with E-state index in [-0.39, 0.29) is 11.9 Å². The predicted molar refractivity (Wildman–Crippen MR) is 158 cm³/mol. The number of hydrogen-bond donors (Lipinski definition) is 1. The van der Waals surface area contributed by atoms with E-state index >= 15 is 0 Å². The molecular formula is C32H30FN7O. The van der Waals surface area contributed by atoms with Gasteiger partial charge in [-0.05, 0) is 67.6 Å². The van der Waals surface area contributed by atoms with Crippen LogP contribution in [0.4, 0.5) is 16.0 Å². The lowest BCUT2D eigenvalue weighted by Crippen LogP contribution is -2.16. The first kappa shape index (κ1) is 25.3. The number of fused-ring (bicyclic) bond motifs is 4. The van der Waals surface area contributed by atoms with Gasteiger partial charge >= 0.3 is 0 Å². The Morgan fingerprint density at radius 3 is 2.76 bits per heavy atom. The average Bonchev–Trinajstić information content (AvgIpc) is 3.59. The number of pyridine rings is 1. The van der Waals surface area contributed by atoms with Gasteiger partial charge in [0.2, 0.25) is 11.8 Å². The highest BCUT2D eigenvalue weighted by Gasteiger charge is 2.31. The summed E-state index contributed by atoms with van der Waals surface area (Å²) >= 11 is 0. The fourth-order valence-electron chi connectivity index (χ4n) is 5.68. The number of aryl methyl sites for hydroxylation is 2. The van der Waals surface area contributed by atoms with Gasteiger partial charge in [0.05, 0.1) is 28.8 Å². The number of rotatable bonds is 8. The van der Waals surface area contributed by atoms with Gasteiger partial charge in [0.1, 0.15) is 23.8 Å². The minimum atomic E-state index is -0.281. The predicted octanol–water partition coefficient (Wildman–Crippen LogP) is 6.73. The molecule has 2 aromatic carbocycles. The Balaban J connectivity index is 1.24. The molecule has 41 heavy (non-hydrogen) atoms. The van der Waals surface area contributed by atoms with Crippen LogP contribution >= 0.6 is 0 Å². The zero-order valence-corrected chi connectivity index (χ0v) is 22.8. The molecule has 2 aliphatic rings. The number of aromatic nitrogens is 5. The van der Waals surface area contributed by atoms with Gasteiger partial charge in [-0.1, -0.05) is 19.1 Å². The topological polar surface area (TPSA) is 90.1 Å². The van der Waals surface area contributed by atoms with Crippen molar-refractivity contribution in [1.29, 1.82) is 0 Å². The molecule has 0 amide bonds. The number of imidazole rings is 1. The van der Waals surface area contributed by atoms with Gasteiger partial charge in [0, 0.05) is 42.4 Å². The summed E-state index contributed by atoms with van der Waals surface area (Å²) < 4.78 is 22.4. The molecule has 7 rings (SSSR count). The molecule has 0 fully saturated rings. The van der Waals surface area contributed by atoms with Crippen molar-refractivity contribution in [2.24, 2.45) is 4.99 Å². The molecule has 1 atom stereocenters. The second-order valence-corrected chi connectivity index (χ2v) is 10.4. The Morgan fingerprint density at radius 2 is 1.88 bits per heavy atom. The Bertz CT molecular complexity index is 1760. The molecule has 0 aliphatic carbocycles. The Kier molecular flexibility index (Phi) is 6.62. The largest absolute Gasteiger partial charge is 0.475 e. The third kappa shape index (κ3) is 4.81. The molecule has 0 radical (unpaired) electrons. The summed E-state index contributed by atoms with van der Waals surface area (Å²) in [5.74, 6) is 1.83. The molecule has 206 valence electrons. The summed E-state index contributed by atoms with van der Waals surface area (Å²) in [7, 11) is 0. The molecule has 1 unspecified atom stereocenters. The van der Waals surface area contributed by atoms with Crippen molar-refractivity contribution >= 4 is 28.8 Å². The maximum atomic E-state index is 13.8. The Hall–Kier alpha value is -4.66. The van der Waals surface area contributed by atoms with Crippen LogP contribution in [0, 0.1) is 5.82 Å². The van der Waals surface area contributed by atoms with Crippen molar-refractivity contribution in [3.05, 3.63) is 78.0 Å². The summed E-state index contributed by atoms with van der Waals surface area (Å²) in [5, 5.41) is 4.33. The molecule has 0 bridgehead atoms. The maximum Gasteiger partial charge on any atom is 0.223 e. The van der Waals surface area contributed by atoms with E-state index in [2.05, 4.69) is 38.9 Å². The van der Waals surface area contributed by atoms with Crippen LogP contribution in [0.3, 0.4) is 0 Å². The average molecular weight is 548 g/mol. The summed E-state index contributed by atoms with van der Waals surface area (Å²) in [6, 6.07) is 16.6. The van der Waals surface area contributed by atoms with E-state index in [1.165, 1.54) is 17.7 Å². The van der Waals surface area contributed by atoms with Crippen LogP contribution in [0.25, 0.3) is 33.5 Å². The van der Waals surface area contributed by atoms with Crippen molar-refractivity contribution in [3.63, 3.8) is 0 Å². The van der Waals surface area contributed by atoms with Crippen molar-refractivity contribution in [2.45, 2.75) is 45.1 Å². The minimum absolute atomic E-state index is 0.0314. The van der Waals surface area contributed by atoms with Crippen molar-refractivity contribution in [1.82, 2.24) is 24.5 Å². The molecule has 0 spiro atoms. The van der Waals surface area contributed by atoms with Gasteiger partial charge in [0.15, 0.2) is 0 Å². The van der Waals surface area contributed by atoms with E-state index in [9.17, 15) is 4.39 Å². The number of anilines is 1. The van der Waals surface area contributed by atoms with Gasteiger partial charge in [-0.2, -0.15) is 0 Å². The van der Waals surface area contributed by atoms with Gasteiger partial charge < -0.3 is 14.6 Å². The highest BCUT2D eigenvalue weighted by molar-refractivity contribution is 5.93. The van der Waals surface area contributed by atoms with Crippen LogP contribution in [0.1, 0.15) is 43.6 Å². The van der Waals surface area contributed by atoms with Crippen molar-refractivity contribution in [3.8, 4) is 28.5 Å². The zero-order valence-electron chi connectivity index (χ0n) is 22.8. The van der Waals surface area contributed by atoms with Crippen molar-refractivity contribution in [2.75, 3.05) is 18.5 Å². The first-order valence-corrected chi connectivity index (χ1v) is 14.2. The first-order valence-electron chi connectivity index (χ1n) is 14.2. The van der Waals surface area contributed by atoms with E-state index in [1.54, 1.807) is 18.3 Å². The summed E-state index contributed by atoms with van der Waals surface area (Å²) in [6.45, 7) is 3.31. The second-order valence-electron chi connectivity index (χ2n) is 10.4. The van der Waals surface area contributed by atoms with Gasteiger partial charge in [0.25, 0.3) is 0 Å². The van der Waals surface area contributed by atoms with Gasteiger partial charge in [-0.3, -0.25) is 4.99 Å². The van der Waals surface area contributed by atoms with E-state index in [4.69, 9.17) is 19.7 Å². The monoisotopic (exact) mass is 547 g/mol. The fourth-order valence-corrected chi connectivity index (χ4v) is 5.68. The quantitative estimate of drug-likeness (QED) is 0.232. The molecule has 9 heteroatoms. The number of aliphatic imine (C=N–C) groups is 1. The smallest absolute Gasteiger partial charge is 0.223 e. The molecule has 2 aliphatic heterocycles. The van der Waals surface area contributed by atoms with Gasteiger partial charge in [-0.15, -0.1) is 0 Å². The minimum Gasteiger partial charge on any atom is -0.475 e. The Morgan fingerprint density at radius 1 is 1.00 bits per heavy atom. The van der Waals surface area contributed by atoms with Crippen LogP contribution < -0.4 is 10.1 Å². The third-order valence-electron chi connectivity index (χ3n) is 7.68.